The van der Waals surface area contributed by atoms with Crippen LogP contribution in [0.2, 0.25) is 0 Å². The van der Waals surface area contributed by atoms with Crippen LogP contribution in [0.1, 0.15) is 37.5 Å². The first-order valence-corrected chi connectivity index (χ1v) is 8.86. The summed E-state index contributed by atoms with van der Waals surface area (Å²) in [6.45, 7) is 0. The fraction of sp³-hybridized carbons (Fsp3) is 0.588. The largest absolute Gasteiger partial charge is 0.456 e. The maximum atomic E-state index is 12.2. The summed E-state index contributed by atoms with van der Waals surface area (Å²) >= 11 is 0. The van der Waals surface area contributed by atoms with Crippen LogP contribution in [0.5, 0.6) is 0 Å². The van der Waals surface area contributed by atoms with E-state index >= 15 is 0 Å². The predicted molar refractivity (Wildman–Crippen MR) is 87.8 cm³/mol. The van der Waals surface area contributed by atoms with Crippen molar-refractivity contribution in [1.82, 2.24) is 14.6 Å². The van der Waals surface area contributed by atoms with E-state index in [1.54, 1.807) is 12.1 Å². The molecule has 26 heavy (non-hydrogen) atoms. The molecule has 1 unspecified atom stereocenters. The topological polar surface area (TPSA) is 132 Å². The molecule has 1 aliphatic heterocycles. The van der Waals surface area contributed by atoms with Gasteiger partial charge < -0.3 is 25.4 Å². The van der Waals surface area contributed by atoms with Gasteiger partial charge >= 0.3 is 5.97 Å². The van der Waals surface area contributed by atoms with Crippen LogP contribution in [-0.2, 0) is 14.3 Å². The van der Waals surface area contributed by atoms with Crippen LogP contribution in [0.4, 0.5) is 5.82 Å². The van der Waals surface area contributed by atoms with E-state index in [0.29, 0.717) is 17.0 Å². The minimum Gasteiger partial charge on any atom is -0.456 e. The van der Waals surface area contributed by atoms with Crippen molar-refractivity contribution in [2.75, 3.05) is 5.73 Å². The Hall–Kier alpha value is -2.23. The van der Waals surface area contributed by atoms with Gasteiger partial charge in [-0.2, -0.15) is 5.10 Å². The summed E-state index contributed by atoms with van der Waals surface area (Å²) in [5.74, 6) is -0.107. The Labute approximate surface area is 148 Å². The SMILES string of the molecule is Nc1ncnn2c([C@@H]3O[C@@H]4C(OC(=O)C5CCCC5)[C@]4(O)[C@H]3O)ccc12. The van der Waals surface area contributed by atoms with Gasteiger partial charge in [0.25, 0.3) is 0 Å². The van der Waals surface area contributed by atoms with Gasteiger partial charge in [0.2, 0.25) is 0 Å². The number of carbonyl (C=O) groups is 1. The van der Waals surface area contributed by atoms with E-state index < -0.39 is 30.0 Å². The number of aromatic nitrogens is 3. The molecule has 5 atom stereocenters. The molecule has 3 aliphatic rings. The predicted octanol–water partition coefficient (Wildman–Crippen LogP) is -0.0410. The number of fused-ring (bicyclic) bond motifs is 2. The van der Waals surface area contributed by atoms with Crippen LogP contribution in [0, 0.1) is 5.92 Å². The zero-order valence-corrected chi connectivity index (χ0v) is 14.0. The van der Waals surface area contributed by atoms with Crippen LogP contribution < -0.4 is 5.73 Å². The molecule has 3 fully saturated rings. The van der Waals surface area contributed by atoms with Gasteiger partial charge in [-0.25, -0.2) is 9.50 Å². The maximum absolute atomic E-state index is 12.2. The minimum absolute atomic E-state index is 0.109. The molecular weight excluding hydrogens is 340 g/mol. The fourth-order valence-electron chi connectivity index (χ4n) is 4.28. The number of esters is 1. The quantitative estimate of drug-likeness (QED) is 0.650. The van der Waals surface area contributed by atoms with E-state index in [-0.39, 0.29) is 11.9 Å². The van der Waals surface area contributed by atoms with Crippen molar-refractivity contribution in [3.05, 3.63) is 24.2 Å². The molecule has 3 heterocycles. The van der Waals surface area contributed by atoms with E-state index in [4.69, 9.17) is 15.2 Å². The summed E-state index contributed by atoms with van der Waals surface area (Å²) < 4.78 is 12.8. The number of aliphatic hydroxyl groups is 2. The zero-order valence-electron chi connectivity index (χ0n) is 14.0. The van der Waals surface area contributed by atoms with Gasteiger partial charge in [0.15, 0.2) is 17.5 Å². The zero-order chi connectivity index (χ0) is 18.1. The third-order valence-electron chi connectivity index (χ3n) is 5.87. The van der Waals surface area contributed by atoms with Gasteiger partial charge in [0, 0.05) is 0 Å². The molecule has 5 rings (SSSR count). The van der Waals surface area contributed by atoms with Gasteiger partial charge in [0.05, 0.1) is 11.6 Å². The summed E-state index contributed by atoms with van der Waals surface area (Å²) in [6, 6.07) is 3.45. The van der Waals surface area contributed by atoms with E-state index in [1.807, 2.05) is 0 Å². The Bertz CT molecular complexity index is 879. The summed E-state index contributed by atoms with van der Waals surface area (Å²) in [5, 5.41) is 25.5. The first-order chi connectivity index (χ1) is 12.5. The molecule has 0 amide bonds. The Morgan fingerprint density at radius 2 is 2.15 bits per heavy atom. The highest BCUT2D eigenvalue weighted by atomic mass is 16.6. The van der Waals surface area contributed by atoms with Crippen LogP contribution in [0.25, 0.3) is 5.52 Å². The van der Waals surface area contributed by atoms with Gasteiger partial charge in [-0.15, -0.1) is 0 Å². The summed E-state index contributed by atoms with van der Waals surface area (Å²) in [6.07, 6.45) is 1.40. The monoisotopic (exact) mass is 360 g/mol. The van der Waals surface area contributed by atoms with E-state index in [0.717, 1.165) is 25.7 Å². The average molecular weight is 360 g/mol. The summed E-state index contributed by atoms with van der Waals surface area (Å²) in [4.78, 5) is 16.1. The second-order valence-electron chi connectivity index (χ2n) is 7.35. The highest BCUT2D eigenvalue weighted by Crippen LogP contribution is 2.56. The standard InChI is InChI=1S/C17H20N4O5/c18-15-10-6-5-9(21(10)20-7-19-15)11-12(22)17(24)13(25-11)14(17)26-16(23)8-3-1-2-4-8/h5-8,11-14,22,24H,1-4H2,(H2,18,19,20)/t11-,12-,13+,14?,17-/m0/s1. The summed E-state index contributed by atoms with van der Waals surface area (Å²) in [7, 11) is 0. The molecule has 0 bridgehead atoms. The first kappa shape index (κ1) is 16.0. The number of nitrogens with two attached hydrogens (primary N) is 1. The normalized spacial score (nSPS) is 36.4. The van der Waals surface area contributed by atoms with Crippen molar-refractivity contribution in [2.45, 2.75) is 55.7 Å². The molecule has 0 spiro atoms. The molecule has 2 aromatic rings. The van der Waals surface area contributed by atoms with Crippen molar-refractivity contribution in [3.63, 3.8) is 0 Å². The van der Waals surface area contributed by atoms with Gasteiger partial charge in [-0.05, 0) is 25.0 Å². The number of nitrogen functional groups attached to an aromatic ring is 1. The van der Waals surface area contributed by atoms with Crippen LogP contribution in [-0.4, -0.2) is 54.7 Å². The van der Waals surface area contributed by atoms with Crippen molar-refractivity contribution in [1.29, 1.82) is 0 Å². The first-order valence-electron chi connectivity index (χ1n) is 8.86. The number of anilines is 1. The number of nitrogens with zero attached hydrogens (tertiary/aromatic N) is 3. The average Bonchev–Trinajstić information content (AvgIpc) is 3.14. The molecule has 9 nitrogen and oxygen atoms in total. The van der Waals surface area contributed by atoms with E-state index in [2.05, 4.69) is 10.1 Å². The highest BCUT2D eigenvalue weighted by Gasteiger charge is 2.79. The Morgan fingerprint density at radius 1 is 1.38 bits per heavy atom. The minimum atomic E-state index is -1.58. The molecule has 9 heteroatoms. The van der Waals surface area contributed by atoms with Gasteiger partial charge in [-0.1, -0.05) is 12.8 Å². The lowest BCUT2D eigenvalue weighted by Crippen LogP contribution is -2.36. The highest BCUT2D eigenvalue weighted by molar-refractivity contribution is 5.73. The molecule has 2 aliphatic carbocycles. The molecule has 2 saturated carbocycles. The maximum Gasteiger partial charge on any atom is 0.309 e. The Balaban J connectivity index is 1.35. The second-order valence-corrected chi connectivity index (χ2v) is 7.35. The van der Waals surface area contributed by atoms with Crippen molar-refractivity contribution in [2.24, 2.45) is 5.92 Å². The van der Waals surface area contributed by atoms with Crippen LogP contribution >= 0.6 is 0 Å². The molecular formula is C17H20N4O5. The molecule has 2 aromatic heterocycles. The smallest absolute Gasteiger partial charge is 0.309 e. The third kappa shape index (κ3) is 2.04. The molecule has 0 radical (unpaired) electrons. The number of hydrogen-bond acceptors (Lipinski definition) is 8. The van der Waals surface area contributed by atoms with Crippen molar-refractivity contribution >= 4 is 17.3 Å². The summed E-state index contributed by atoms with van der Waals surface area (Å²) in [5.41, 5.74) is 5.39. The molecule has 1 saturated heterocycles. The molecule has 4 N–H and O–H groups in total. The number of carbonyl (C=O) groups excluding carboxylic acids is 1. The second kappa shape index (κ2) is 5.38. The lowest BCUT2D eigenvalue weighted by atomic mass is 10.0. The van der Waals surface area contributed by atoms with E-state index in [9.17, 15) is 15.0 Å². The number of hydrogen-bond donors (Lipinski definition) is 3. The fourth-order valence-corrected chi connectivity index (χ4v) is 4.28. The lowest BCUT2D eigenvalue weighted by molar-refractivity contribution is -0.159. The van der Waals surface area contributed by atoms with E-state index in [1.165, 1.54) is 10.8 Å². The van der Waals surface area contributed by atoms with Crippen LogP contribution in [0.3, 0.4) is 0 Å². The number of ether oxygens (including phenoxy) is 2. The van der Waals surface area contributed by atoms with Crippen molar-refractivity contribution in [3.8, 4) is 0 Å². The number of rotatable bonds is 3. The lowest BCUT2D eigenvalue weighted by Gasteiger charge is -2.22. The van der Waals surface area contributed by atoms with Crippen molar-refractivity contribution < 1.29 is 24.5 Å². The molecule has 138 valence electrons. The van der Waals surface area contributed by atoms with Crippen LogP contribution in [0.15, 0.2) is 18.5 Å². The molecule has 0 aromatic carbocycles. The van der Waals surface area contributed by atoms with Gasteiger partial charge in [-0.3, -0.25) is 4.79 Å². The Morgan fingerprint density at radius 3 is 2.85 bits per heavy atom. The Kier molecular flexibility index (Phi) is 3.31. The third-order valence-corrected chi connectivity index (χ3v) is 5.87. The van der Waals surface area contributed by atoms with Gasteiger partial charge in [0.1, 0.15) is 30.2 Å². The number of aliphatic hydroxyl groups excluding tert-OH is 1.